The fourth-order valence-corrected chi connectivity index (χ4v) is 2.70. The summed E-state index contributed by atoms with van der Waals surface area (Å²) in [5, 5.41) is 6.13. The van der Waals surface area contributed by atoms with E-state index in [9.17, 15) is 9.59 Å². The smallest absolute Gasteiger partial charge is 0.239 e. The van der Waals surface area contributed by atoms with Crippen LogP contribution >= 0.6 is 0 Å². The summed E-state index contributed by atoms with van der Waals surface area (Å²) in [4.78, 5) is 25.1. The summed E-state index contributed by atoms with van der Waals surface area (Å²) in [6.07, 6.45) is 3.98. The number of rotatable bonds is 2. The van der Waals surface area contributed by atoms with Gasteiger partial charge in [0.2, 0.25) is 11.8 Å². The van der Waals surface area contributed by atoms with Crippen LogP contribution in [0, 0.1) is 0 Å². The van der Waals surface area contributed by atoms with Crippen LogP contribution in [0.3, 0.4) is 0 Å². The Morgan fingerprint density at radius 3 is 2.76 bits per heavy atom. The third kappa shape index (κ3) is 3.19. The van der Waals surface area contributed by atoms with Gasteiger partial charge in [0, 0.05) is 26.1 Å². The Labute approximate surface area is 102 Å². The van der Waals surface area contributed by atoms with Crippen molar-refractivity contribution in [3.63, 3.8) is 0 Å². The Balaban J connectivity index is 1.87. The summed E-state index contributed by atoms with van der Waals surface area (Å²) in [5.41, 5.74) is 0. The Kier molecular flexibility index (Phi) is 3.99. The van der Waals surface area contributed by atoms with Crippen LogP contribution in [0.1, 0.15) is 32.6 Å². The molecule has 17 heavy (non-hydrogen) atoms. The normalized spacial score (nSPS) is 29.1. The molecule has 5 nitrogen and oxygen atoms in total. The van der Waals surface area contributed by atoms with Crippen molar-refractivity contribution in [2.75, 3.05) is 19.6 Å². The largest absolute Gasteiger partial charge is 0.352 e. The van der Waals surface area contributed by atoms with E-state index in [1.165, 1.54) is 6.92 Å². The Morgan fingerprint density at radius 2 is 2.12 bits per heavy atom. The second kappa shape index (κ2) is 5.49. The molecule has 0 aromatic carbocycles. The second-order valence-electron chi connectivity index (χ2n) is 4.97. The van der Waals surface area contributed by atoms with E-state index in [2.05, 4.69) is 10.6 Å². The van der Waals surface area contributed by atoms with Gasteiger partial charge in [-0.2, -0.15) is 0 Å². The van der Waals surface area contributed by atoms with E-state index in [0.29, 0.717) is 6.54 Å². The van der Waals surface area contributed by atoms with E-state index in [1.807, 2.05) is 4.90 Å². The van der Waals surface area contributed by atoms with Crippen molar-refractivity contribution >= 4 is 11.8 Å². The molecule has 96 valence electrons. The van der Waals surface area contributed by atoms with Crippen LogP contribution < -0.4 is 10.6 Å². The van der Waals surface area contributed by atoms with Gasteiger partial charge in [0.15, 0.2) is 0 Å². The lowest BCUT2D eigenvalue weighted by Crippen LogP contribution is -2.53. The summed E-state index contributed by atoms with van der Waals surface area (Å²) < 4.78 is 0. The van der Waals surface area contributed by atoms with Crippen LogP contribution in [0.15, 0.2) is 0 Å². The maximum atomic E-state index is 12.2. The predicted molar refractivity (Wildman–Crippen MR) is 64.4 cm³/mol. The number of nitrogens with one attached hydrogen (secondary N) is 2. The molecule has 2 saturated heterocycles. The summed E-state index contributed by atoms with van der Waals surface area (Å²) in [5.74, 6) is 0.195. The third-order valence-electron chi connectivity index (χ3n) is 3.50. The molecule has 0 bridgehead atoms. The van der Waals surface area contributed by atoms with E-state index in [4.69, 9.17) is 0 Å². The molecule has 2 N–H and O–H groups in total. The average Bonchev–Trinajstić information content (AvgIpc) is 2.81. The zero-order valence-electron chi connectivity index (χ0n) is 10.4. The van der Waals surface area contributed by atoms with Crippen molar-refractivity contribution in [2.24, 2.45) is 0 Å². The molecule has 0 radical (unpaired) electrons. The van der Waals surface area contributed by atoms with E-state index < -0.39 is 0 Å². The molecule has 0 aromatic heterocycles. The maximum Gasteiger partial charge on any atom is 0.239 e. The fourth-order valence-electron chi connectivity index (χ4n) is 2.70. The minimum Gasteiger partial charge on any atom is -0.352 e. The second-order valence-corrected chi connectivity index (χ2v) is 4.97. The SMILES string of the molecule is CC(=O)N[C@@H]1CCCN(C(=O)[C@@H]2CCCN2)C1. The van der Waals surface area contributed by atoms with Crippen molar-refractivity contribution in [2.45, 2.75) is 44.7 Å². The van der Waals surface area contributed by atoms with E-state index >= 15 is 0 Å². The molecule has 2 aliphatic heterocycles. The number of hydrogen-bond donors (Lipinski definition) is 2. The lowest BCUT2D eigenvalue weighted by atomic mass is 10.0. The van der Waals surface area contributed by atoms with Crippen LogP contribution in [0.5, 0.6) is 0 Å². The molecule has 2 rings (SSSR count). The molecule has 2 amide bonds. The average molecular weight is 239 g/mol. The highest BCUT2D eigenvalue weighted by Gasteiger charge is 2.30. The number of nitrogens with zero attached hydrogens (tertiary/aromatic N) is 1. The molecular formula is C12H21N3O2. The number of piperidine rings is 1. The molecule has 0 aromatic rings. The van der Waals surface area contributed by atoms with Crippen LogP contribution in [0.2, 0.25) is 0 Å². The first-order chi connectivity index (χ1) is 8.16. The maximum absolute atomic E-state index is 12.2. The summed E-state index contributed by atoms with van der Waals surface area (Å²) in [6.45, 7) is 3.96. The summed E-state index contributed by atoms with van der Waals surface area (Å²) in [7, 11) is 0. The Bertz CT molecular complexity index is 300. The van der Waals surface area contributed by atoms with Gasteiger partial charge in [-0.1, -0.05) is 0 Å². The standard InChI is InChI=1S/C12H21N3O2/c1-9(16)14-10-4-3-7-15(8-10)12(17)11-5-2-6-13-11/h10-11,13H,2-8H2,1H3,(H,14,16)/t10-,11+/m1/s1. The van der Waals surface area contributed by atoms with Crippen LogP contribution in [0.25, 0.3) is 0 Å². The molecule has 0 spiro atoms. The van der Waals surface area contributed by atoms with Crippen molar-refractivity contribution in [1.29, 1.82) is 0 Å². The quantitative estimate of drug-likeness (QED) is 0.705. The first kappa shape index (κ1) is 12.4. The Morgan fingerprint density at radius 1 is 1.29 bits per heavy atom. The van der Waals surface area contributed by atoms with Gasteiger partial charge < -0.3 is 15.5 Å². The minimum atomic E-state index is -0.0108. The van der Waals surface area contributed by atoms with Gasteiger partial charge in [-0.3, -0.25) is 9.59 Å². The number of amides is 2. The summed E-state index contributed by atoms with van der Waals surface area (Å²) >= 11 is 0. The van der Waals surface area contributed by atoms with Gasteiger partial charge in [0.25, 0.3) is 0 Å². The topological polar surface area (TPSA) is 61.4 Å². The molecule has 2 fully saturated rings. The summed E-state index contributed by atoms with van der Waals surface area (Å²) in [6, 6.07) is 0.137. The highest BCUT2D eigenvalue weighted by molar-refractivity contribution is 5.82. The zero-order chi connectivity index (χ0) is 12.3. The zero-order valence-corrected chi connectivity index (χ0v) is 10.4. The van der Waals surface area contributed by atoms with Crippen molar-refractivity contribution in [3.05, 3.63) is 0 Å². The van der Waals surface area contributed by atoms with Gasteiger partial charge in [-0.25, -0.2) is 0 Å². The number of carbonyl (C=O) groups excluding carboxylic acids is 2. The molecule has 2 atom stereocenters. The Hall–Kier alpha value is -1.10. The molecule has 2 heterocycles. The van der Waals surface area contributed by atoms with E-state index in [0.717, 1.165) is 38.8 Å². The first-order valence-electron chi connectivity index (χ1n) is 6.46. The molecule has 5 heteroatoms. The van der Waals surface area contributed by atoms with E-state index in [1.54, 1.807) is 0 Å². The van der Waals surface area contributed by atoms with Gasteiger partial charge in [-0.15, -0.1) is 0 Å². The minimum absolute atomic E-state index is 0.00563. The molecular weight excluding hydrogens is 218 g/mol. The predicted octanol–water partition coefficient (Wildman–Crippen LogP) is -0.134. The molecule has 2 aliphatic rings. The number of carbonyl (C=O) groups is 2. The van der Waals surface area contributed by atoms with Crippen molar-refractivity contribution in [1.82, 2.24) is 15.5 Å². The lowest BCUT2D eigenvalue weighted by molar-refractivity contribution is -0.135. The number of hydrogen-bond acceptors (Lipinski definition) is 3. The molecule has 0 saturated carbocycles. The fraction of sp³-hybridized carbons (Fsp3) is 0.833. The number of likely N-dealkylation sites (tertiary alicyclic amines) is 1. The van der Waals surface area contributed by atoms with Gasteiger partial charge in [0.1, 0.15) is 0 Å². The first-order valence-corrected chi connectivity index (χ1v) is 6.46. The van der Waals surface area contributed by atoms with Gasteiger partial charge >= 0.3 is 0 Å². The van der Waals surface area contributed by atoms with Crippen molar-refractivity contribution < 1.29 is 9.59 Å². The van der Waals surface area contributed by atoms with Crippen molar-refractivity contribution in [3.8, 4) is 0 Å². The highest BCUT2D eigenvalue weighted by Crippen LogP contribution is 2.14. The monoisotopic (exact) mass is 239 g/mol. The van der Waals surface area contributed by atoms with Crippen LogP contribution in [-0.4, -0.2) is 48.4 Å². The van der Waals surface area contributed by atoms with Crippen LogP contribution in [-0.2, 0) is 9.59 Å². The lowest BCUT2D eigenvalue weighted by Gasteiger charge is -2.34. The van der Waals surface area contributed by atoms with E-state index in [-0.39, 0.29) is 23.9 Å². The van der Waals surface area contributed by atoms with Crippen LogP contribution in [0.4, 0.5) is 0 Å². The highest BCUT2D eigenvalue weighted by atomic mass is 16.2. The van der Waals surface area contributed by atoms with Gasteiger partial charge in [-0.05, 0) is 32.2 Å². The molecule has 0 unspecified atom stereocenters. The molecule has 0 aliphatic carbocycles. The third-order valence-corrected chi connectivity index (χ3v) is 3.50. The van der Waals surface area contributed by atoms with Gasteiger partial charge in [0.05, 0.1) is 6.04 Å².